The number of nitrogens with two attached hydrogens (primary N) is 1. The van der Waals surface area contributed by atoms with Crippen molar-refractivity contribution in [2.75, 3.05) is 13.2 Å². The molecular formula is C15H23N3O2. The molecule has 110 valence electrons. The number of imidazole rings is 1. The molecule has 1 atom stereocenters. The number of rotatable bonds is 7. The highest BCUT2D eigenvalue weighted by molar-refractivity contribution is 5.75. The molecule has 20 heavy (non-hydrogen) atoms. The molecule has 0 bridgehead atoms. The molecule has 0 radical (unpaired) electrons. The van der Waals surface area contributed by atoms with Gasteiger partial charge in [0.1, 0.15) is 5.82 Å². The first-order valence-electron chi connectivity index (χ1n) is 7.06. The van der Waals surface area contributed by atoms with Gasteiger partial charge in [0.15, 0.2) is 6.29 Å². The Kier molecular flexibility index (Phi) is 5.11. The fourth-order valence-corrected chi connectivity index (χ4v) is 2.31. The van der Waals surface area contributed by atoms with Gasteiger partial charge in [0, 0.05) is 26.7 Å². The number of benzene rings is 1. The van der Waals surface area contributed by atoms with Crippen LogP contribution in [0.4, 0.5) is 0 Å². The smallest absolute Gasteiger partial charge is 0.172 e. The van der Waals surface area contributed by atoms with Crippen LogP contribution in [0.1, 0.15) is 19.7 Å². The second kappa shape index (κ2) is 6.83. The average molecular weight is 277 g/mol. The van der Waals surface area contributed by atoms with Crippen molar-refractivity contribution in [3.05, 3.63) is 30.1 Å². The van der Waals surface area contributed by atoms with Crippen molar-refractivity contribution < 1.29 is 9.47 Å². The van der Waals surface area contributed by atoms with E-state index in [0.717, 1.165) is 16.9 Å². The number of nitrogens with zero attached hydrogens (tertiary/aromatic N) is 2. The van der Waals surface area contributed by atoms with Crippen LogP contribution in [0, 0.1) is 0 Å². The molecule has 2 aromatic rings. The first kappa shape index (κ1) is 15.0. The van der Waals surface area contributed by atoms with E-state index in [2.05, 4.69) is 15.6 Å². The molecule has 0 aliphatic carbocycles. The van der Waals surface area contributed by atoms with Gasteiger partial charge < -0.3 is 19.8 Å². The Bertz CT molecular complexity index is 547. The molecule has 0 saturated carbocycles. The number of ether oxygens (including phenoxy) is 2. The second-order valence-corrected chi connectivity index (χ2v) is 4.72. The van der Waals surface area contributed by atoms with Crippen molar-refractivity contribution in [3.63, 3.8) is 0 Å². The van der Waals surface area contributed by atoms with Crippen molar-refractivity contribution >= 4 is 11.0 Å². The van der Waals surface area contributed by atoms with E-state index in [1.807, 2.05) is 39.1 Å². The van der Waals surface area contributed by atoms with Gasteiger partial charge >= 0.3 is 0 Å². The predicted molar refractivity (Wildman–Crippen MR) is 79.4 cm³/mol. The van der Waals surface area contributed by atoms with Crippen LogP contribution >= 0.6 is 0 Å². The normalized spacial score (nSPS) is 13.2. The monoisotopic (exact) mass is 277 g/mol. The lowest BCUT2D eigenvalue weighted by atomic mass is 10.2. The fraction of sp³-hybridized carbons (Fsp3) is 0.533. The lowest BCUT2D eigenvalue weighted by Crippen LogP contribution is -2.41. The third kappa shape index (κ3) is 3.17. The van der Waals surface area contributed by atoms with Crippen LogP contribution in [0.15, 0.2) is 24.3 Å². The Balaban J connectivity index is 2.16. The molecule has 1 aromatic heterocycles. The number of hydrogen-bond donors (Lipinski definition) is 1. The number of aryl methyl sites for hydroxylation is 1. The number of para-hydroxylation sites is 2. The molecule has 5 nitrogen and oxygen atoms in total. The summed E-state index contributed by atoms with van der Waals surface area (Å²) in [7, 11) is 2.01. The Morgan fingerprint density at radius 3 is 2.45 bits per heavy atom. The highest BCUT2D eigenvalue weighted by atomic mass is 16.7. The van der Waals surface area contributed by atoms with Crippen LogP contribution in [-0.2, 0) is 22.9 Å². The number of hydrogen-bond acceptors (Lipinski definition) is 4. The minimum atomic E-state index is -0.384. The van der Waals surface area contributed by atoms with Gasteiger partial charge in [0.2, 0.25) is 0 Å². The van der Waals surface area contributed by atoms with Crippen molar-refractivity contribution in [2.24, 2.45) is 12.8 Å². The maximum atomic E-state index is 6.21. The van der Waals surface area contributed by atoms with E-state index in [1.165, 1.54) is 0 Å². The zero-order valence-corrected chi connectivity index (χ0v) is 12.4. The summed E-state index contributed by atoms with van der Waals surface area (Å²) in [6.45, 7) is 5.05. The molecule has 0 amide bonds. The van der Waals surface area contributed by atoms with E-state index in [-0.39, 0.29) is 12.3 Å². The number of fused-ring (bicyclic) bond motifs is 1. The highest BCUT2D eigenvalue weighted by Crippen LogP contribution is 2.16. The first-order valence-corrected chi connectivity index (χ1v) is 7.06. The van der Waals surface area contributed by atoms with Gasteiger partial charge in [-0.25, -0.2) is 4.98 Å². The van der Waals surface area contributed by atoms with Crippen LogP contribution in [-0.4, -0.2) is 35.1 Å². The number of aromatic nitrogens is 2. The molecule has 0 spiro atoms. The minimum absolute atomic E-state index is 0.231. The summed E-state index contributed by atoms with van der Waals surface area (Å²) < 4.78 is 13.2. The minimum Gasteiger partial charge on any atom is -0.351 e. The van der Waals surface area contributed by atoms with E-state index in [0.29, 0.717) is 19.6 Å². The molecule has 1 unspecified atom stereocenters. The van der Waals surface area contributed by atoms with Gasteiger partial charge in [-0.1, -0.05) is 12.1 Å². The molecule has 2 rings (SSSR count). The maximum absolute atomic E-state index is 6.21. The Hall–Kier alpha value is -1.43. The molecule has 0 saturated heterocycles. The van der Waals surface area contributed by atoms with Crippen molar-refractivity contribution in [1.82, 2.24) is 9.55 Å². The van der Waals surface area contributed by atoms with E-state index in [9.17, 15) is 0 Å². The predicted octanol–water partition coefficient (Wildman–Crippen LogP) is 1.84. The lowest BCUT2D eigenvalue weighted by molar-refractivity contribution is -0.148. The molecule has 1 heterocycles. The molecular weight excluding hydrogens is 254 g/mol. The Morgan fingerprint density at radius 2 is 1.85 bits per heavy atom. The summed E-state index contributed by atoms with van der Waals surface area (Å²) >= 11 is 0. The van der Waals surface area contributed by atoms with E-state index >= 15 is 0 Å². The third-order valence-corrected chi connectivity index (χ3v) is 3.31. The largest absolute Gasteiger partial charge is 0.351 e. The standard InChI is InChI=1S/C15H23N3O2/c1-4-19-15(20-5-2)11(16)10-14-17-12-8-6-7-9-13(12)18(14)3/h6-9,11,15H,4-5,10,16H2,1-3H3. The summed E-state index contributed by atoms with van der Waals surface area (Å²) in [6.07, 6.45) is 0.236. The fourth-order valence-electron chi connectivity index (χ4n) is 2.31. The van der Waals surface area contributed by atoms with Crippen LogP contribution in [0.5, 0.6) is 0 Å². The topological polar surface area (TPSA) is 62.3 Å². The molecule has 1 aromatic carbocycles. The summed E-state index contributed by atoms with van der Waals surface area (Å²) in [6, 6.07) is 7.83. The average Bonchev–Trinajstić information content (AvgIpc) is 2.76. The molecule has 0 aliphatic rings. The maximum Gasteiger partial charge on any atom is 0.172 e. The van der Waals surface area contributed by atoms with Gasteiger partial charge in [0.05, 0.1) is 17.1 Å². The van der Waals surface area contributed by atoms with E-state index < -0.39 is 0 Å². The summed E-state index contributed by atoms with van der Waals surface area (Å²) in [4.78, 5) is 4.63. The zero-order chi connectivity index (χ0) is 14.5. The van der Waals surface area contributed by atoms with Crippen molar-refractivity contribution in [3.8, 4) is 0 Å². The van der Waals surface area contributed by atoms with E-state index in [4.69, 9.17) is 15.2 Å². The second-order valence-electron chi connectivity index (χ2n) is 4.72. The third-order valence-electron chi connectivity index (χ3n) is 3.31. The zero-order valence-electron chi connectivity index (χ0n) is 12.4. The summed E-state index contributed by atoms with van der Waals surface area (Å²) in [5, 5.41) is 0. The molecule has 0 aliphatic heterocycles. The summed E-state index contributed by atoms with van der Waals surface area (Å²) in [5.74, 6) is 0.947. The van der Waals surface area contributed by atoms with Gasteiger partial charge in [-0.3, -0.25) is 0 Å². The van der Waals surface area contributed by atoms with Crippen LogP contribution in [0.3, 0.4) is 0 Å². The first-order chi connectivity index (χ1) is 9.67. The van der Waals surface area contributed by atoms with Crippen LogP contribution in [0.2, 0.25) is 0 Å². The van der Waals surface area contributed by atoms with Crippen LogP contribution < -0.4 is 5.73 Å². The molecule has 2 N–H and O–H groups in total. The highest BCUT2D eigenvalue weighted by Gasteiger charge is 2.21. The quantitative estimate of drug-likeness (QED) is 0.784. The van der Waals surface area contributed by atoms with Gasteiger partial charge in [-0.15, -0.1) is 0 Å². The molecule has 5 heteroatoms. The molecule has 0 fully saturated rings. The van der Waals surface area contributed by atoms with Gasteiger partial charge in [-0.2, -0.15) is 0 Å². The van der Waals surface area contributed by atoms with Crippen LogP contribution in [0.25, 0.3) is 11.0 Å². The Labute approximate surface area is 119 Å². The SMILES string of the molecule is CCOC(OCC)C(N)Cc1nc2ccccc2n1C. The van der Waals surface area contributed by atoms with Crippen molar-refractivity contribution in [1.29, 1.82) is 0 Å². The Morgan fingerprint density at radius 1 is 1.20 bits per heavy atom. The van der Waals surface area contributed by atoms with Crippen molar-refractivity contribution in [2.45, 2.75) is 32.6 Å². The lowest BCUT2D eigenvalue weighted by Gasteiger charge is -2.23. The van der Waals surface area contributed by atoms with Gasteiger partial charge in [0.25, 0.3) is 0 Å². The summed E-state index contributed by atoms with van der Waals surface area (Å²) in [5.41, 5.74) is 8.31. The van der Waals surface area contributed by atoms with Gasteiger partial charge in [-0.05, 0) is 26.0 Å². The van der Waals surface area contributed by atoms with E-state index in [1.54, 1.807) is 0 Å².